The Morgan fingerprint density at radius 1 is 1.04 bits per heavy atom. The number of halogens is 1. The molecule has 5 heteroatoms. The molecule has 4 nitrogen and oxygen atoms in total. The molecule has 0 fully saturated rings. The minimum absolute atomic E-state index is 0.150. The summed E-state index contributed by atoms with van der Waals surface area (Å²) in [6, 6.07) is 16.1. The van der Waals surface area contributed by atoms with Crippen LogP contribution in [-0.4, -0.2) is 36.0 Å². The highest BCUT2D eigenvalue weighted by atomic mass is 19.1. The van der Waals surface area contributed by atoms with E-state index in [0.717, 1.165) is 35.7 Å². The number of hydrogen-bond donors (Lipinski definition) is 1. The molecule has 0 saturated heterocycles. The fourth-order valence-corrected chi connectivity index (χ4v) is 3.29. The summed E-state index contributed by atoms with van der Waals surface area (Å²) in [5, 5.41) is 2.97. The summed E-state index contributed by atoms with van der Waals surface area (Å²) in [5.41, 5.74) is 5.20. The molecular formula is C23H26FN3O. The Morgan fingerprint density at radius 2 is 1.68 bits per heavy atom. The fourth-order valence-electron chi connectivity index (χ4n) is 3.29. The van der Waals surface area contributed by atoms with Gasteiger partial charge in [0.05, 0.1) is 5.56 Å². The van der Waals surface area contributed by atoms with Crippen molar-refractivity contribution in [3.8, 4) is 5.69 Å². The lowest BCUT2D eigenvalue weighted by molar-refractivity contribution is 0.102. The molecule has 0 unspecified atom stereocenters. The molecule has 0 radical (unpaired) electrons. The number of aromatic nitrogens is 1. The largest absolute Gasteiger partial charge is 0.322 e. The molecule has 0 aliphatic heterocycles. The van der Waals surface area contributed by atoms with Crippen molar-refractivity contribution >= 4 is 11.6 Å². The van der Waals surface area contributed by atoms with Crippen molar-refractivity contribution in [1.82, 2.24) is 9.47 Å². The van der Waals surface area contributed by atoms with Gasteiger partial charge in [0.15, 0.2) is 0 Å². The van der Waals surface area contributed by atoms with Crippen molar-refractivity contribution < 1.29 is 9.18 Å². The van der Waals surface area contributed by atoms with E-state index in [1.807, 2.05) is 48.7 Å². The highest BCUT2D eigenvalue weighted by Gasteiger charge is 2.17. The highest BCUT2D eigenvalue weighted by molar-refractivity contribution is 6.05. The van der Waals surface area contributed by atoms with Gasteiger partial charge in [0, 0.05) is 29.3 Å². The van der Waals surface area contributed by atoms with Crippen LogP contribution in [0.5, 0.6) is 0 Å². The Labute approximate surface area is 165 Å². The molecule has 28 heavy (non-hydrogen) atoms. The SMILES string of the molecule is Cc1cc(C(=O)Nc2ccc(CCN(C)C)cc2)c(C)n1-c1ccc(F)cc1. The number of amides is 1. The maximum Gasteiger partial charge on any atom is 0.257 e. The molecule has 3 rings (SSSR count). The van der Waals surface area contributed by atoms with Gasteiger partial charge in [-0.25, -0.2) is 4.39 Å². The predicted octanol–water partition coefficient (Wildman–Crippen LogP) is 4.59. The van der Waals surface area contributed by atoms with Gasteiger partial charge in [-0.05, 0) is 82.4 Å². The molecule has 0 spiro atoms. The van der Waals surface area contributed by atoms with Crippen molar-refractivity contribution in [2.45, 2.75) is 20.3 Å². The van der Waals surface area contributed by atoms with Gasteiger partial charge in [0.1, 0.15) is 5.82 Å². The number of likely N-dealkylation sites (N-methyl/N-ethyl adjacent to an activating group) is 1. The third-order valence-electron chi connectivity index (χ3n) is 4.82. The van der Waals surface area contributed by atoms with Crippen LogP contribution in [0.4, 0.5) is 10.1 Å². The van der Waals surface area contributed by atoms with E-state index in [9.17, 15) is 9.18 Å². The number of benzene rings is 2. The van der Waals surface area contributed by atoms with Crippen LogP contribution in [0.15, 0.2) is 54.6 Å². The minimum atomic E-state index is -0.279. The number of nitrogens with one attached hydrogen (secondary N) is 1. The van der Waals surface area contributed by atoms with Crippen LogP contribution in [-0.2, 0) is 6.42 Å². The monoisotopic (exact) mass is 379 g/mol. The van der Waals surface area contributed by atoms with Gasteiger partial charge >= 0.3 is 0 Å². The number of nitrogens with zero attached hydrogens (tertiary/aromatic N) is 2. The van der Waals surface area contributed by atoms with E-state index in [0.29, 0.717) is 5.56 Å². The highest BCUT2D eigenvalue weighted by Crippen LogP contribution is 2.22. The van der Waals surface area contributed by atoms with E-state index in [2.05, 4.69) is 24.3 Å². The lowest BCUT2D eigenvalue weighted by Gasteiger charge is -2.11. The number of carbonyl (C=O) groups excluding carboxylic acids is 1. The Kier molecular flexibility index (Phi) is 5.95. The van der Waals surface area contributed by atoms with Crippen LogP contribution in [0, 0.1) is 19.7 Å². The van der Waals surface area contributed by atoms with Crippen LogP contribution in [0.25, 0.3) is 5.69 Å². The second-order valence-corrected chi connectivity index (χ2v) is 7.30. The molecular weight excluding hydrogens is 353 g/mol. The zero-order valence-corrected chi connectivity index (χ0v) is 16.8. The normalized spacial score (nSPS) is 11.1. The fraction of sp³-hybridized carbons (Fsp3) is 0.261. The van der Waals surface area contributed by atoms with Gasteiger partial charge in [0.2, 0.25) is 0 Å². The average Bonchev–Trinajstić information content (AvgIpc) is 2.96. The van der Waals surface area contributed by atoms with Crippen molar-refractivity contribution in [2.75, 3.05) is 26.0 Å². The first-order valence-electron chi connectivity index (χ1n) is 9.35. The quantitative estimate of drug-likeness (QED) is 0.680. The van der Waals surface area contributed by atoms with E-state index >= 15 is 0 Å². The van der Waals surface area contributed by atoms with E-state index in [1.54, 1.807) is 12.1 Å². The van der Waals surface area contributed by atoms with Gasteiger partial charge in [-0.15, -0.1) is 0 Å². The van der Waals surface area contributed by atoms with Crippen LogP contribution in [0.3, 0.4) is 0 Å². The van der Waals surface area contributed by atoms with E-state index in [4.69, 9.17) is 0 Å². The molecule has 1 aromatic heterocycles. The number of anilines is 1. The number of aryl methyl sites for hydroxylation is 1. The molecule has 0 saturated carbocycles. The summed E-state index contributed by atoms with van der Waals surface area (Å²) < 4.78 is 15.2. The van der Waals surface area contributed by atoms with Crippen LogP contribution >= 0.6 is 0 Å². The lowest BCUT2D eigenvalue weighted by atomic mass is 10.1. The van der Waals surface area contributed by atoms with Crippen molar-refractivity contribution in [3.05, 3.63) is 82.9 Å². The maximum atomic E-state index is 13.2. The zero-order valence-electron chi connectivity index (χ0n) is 16.8. The van der Waals surface area contributed by atoms with Gasteiger partial charge in [-0.1, -0.05) is 12.1 Å². The molecule has 0 aliphatic carbocycles. The Morgan fingerprint density at radius 3 is 2.29 bits per heavy atom. The Balaban J connectivity index is 1.76. The summed E-state index contributed by atoms with van der Waals surface area (Å²) in [4.78, 5) is 14.9. The van der Waals surface area contributed by atoms with Gasteiger partial charge in [0.25, 0.3) is 5.91 Å². The molecule has 0 bridgehead atoms. The summed E-state index contributed by atoms with van der Waals surface area (Å²) in [5.74, 6) is -0.430. The molecule has 1 heterocycles. The Hall–Kier alpha value is -2.92. The zero-order chi connectivity index (χ0) is 20.3. The average molecular weight is 379 g/mol. The second kappa shape index (κ2) is 8.40. The lowest BCUT2D eigenvalue weighted by Crippen LogP contribution is -2.15. The molecule has 1 amide bonds. The van der Waals surface area contributed by atoms with E-state index in [-0.39, 0.29) is 11.7 Å². The molecule has 1 N–H and O–H groups in total. The molecule has 3 aromatic rings. The summed E-state index contributed by atoms with van der Waals surface area (Å²) >= 11 is 0. The van der Waals surface area contributed by atoms with Crippen LogP contribution in [0.1, 0.15) is 27.3 Å². The first kappa shape index (κ1) is 19.8. The Bertz CT molecular complexity index is 957. The first-order valence-corrected chi connectivity index (χ1v) is 9.35. The standard InChI is InChI=1S/C23H26FN3O/c1-16-15-22(17(2)27(16)21-11-7-19(24)8-12-21)23(28)25-20-9-5-18(6-10-20)13-14-26(3)4/h5-12,15H,13-14H2,1-4H3,(H,25,28). The van der Waals surface area contributed by atoms with Gasteiger partial charge in [-0.3, -0.25) is 4.79 Å². The van der Waals surface area contributed by atoms with E-state index < -0.39 is 0 Å². The van der Waals surface area contributed by atoms with Crippen LogP contribution < -0.4 is 5.32 Å². The molecule has 0 atom stereocenters. The van der Waals surface area contributed by atoms with E-state index in [1.165, 1.54) is 17.7 Å². The molecule has 0 aliphatic rings. The van der Waals surface area contributed by atoms with Crippen LogP contribution in [0.2, 0.25) is 0 Å². The third kappa shape index (κ3) is 4.49. The number of hydrogen-bond acceptors (Lipinski definition) is 2. The number of carbonyl (C=O) groups is 1. The topological polar surface area (TPSA) is 37.3 Å². The van der Waals surface area contributed by atoms with Crippen molar-refractivity contribution in [3.63, 3.8) is 0 Å². The van der Waals surface area contributed by atoms with Gasteiger partial charge in [-0.2, -0.15) is 0 Å². The summed E-state index contributed by atoms with van der Waals surface area (Å²) in [6.07, 6.45) is 0.972. The van der Waals surface area contributed by atoms with Crippen molar-refractivity contribution in [2.24, 2.45) is 0 Å². The number of rotatable bonds is 6. The van der Waals surface area contributed by atoms with Crippen molar-refractivity contribution in [1.29, 1.82) is 0 Å². The molecule has 2 aromatic carbocycles. The summed E-state index contributed by atoms with van der Waals surface area (Å²) in [7, 11) is 4.11. The first-order chi connectivity index (χ1) is 13.3. The smallest absolute Gasteiger partial charge is 0.257 e. The third-order valence-corrected chi connectivity index (χ3v) is 4.82. The predicted molar refractivity (Wildman–Crippen MR) is 112 cm³/mol. The second-order valence-electron chi connectivity index (χ2n) is 7.30. The maximum absolute atomic E-state index is 13.2. The minimum Gasteiger partial charge on any atom is -0.322 e. The summed E-state index contributed by atoms with van der Waals surface area (Å²) in [6.45, 7) is 4.82. The van der Waals surface area contributed by atoms with Gasteiger partial charge < -0.3 is 14.8 Å². The molecule has 146 valence electrons.